The van der Waals surface area contributed by atoms with Crippen molar-refractivity contribution >= 4 is 82.3 Å². The standard InChI is InChI=1S/C43H27N3/c44-26-45-38-24-22-28(31-18-10-19-36-33-16-8-9-20-39(33)46(42(31)36)29-12-2-1-3-13-29)25-37(38)41-40-30-14-5-4-11-27(30)21-23-34(40)32-15-6-7-17-35(32)43(41)45/h1-26,44H. The van der Waals surface area contributed by atoms with Gasteiger partial charge in [0.2, 0.25) is 0 Å². The molecule has 0 fully saturated rings. The predicted octanol–water partition coefficient (Wildman–Crippen LogP) is 11.5. The van der Waals surface area contributed by atoms with E-state index in [0.29, 0.717) is 0 Å². The molecular formula is C43H27N3. The van der Waals surface area contributed by atoms with Crippen LogP contribution in [0.1, 0.15) is 0 Å². The summed E-state index contributed by atoms with van der Waals surface area (Å²) < 4.78 is 4.47. The summed E-state index contributed by atoms with van der Waals surface area (Å²) >= 11 is 0. The van der Waals surface area contributed by atoms with Crippen molar-refractivity contribution in [3.63, 3.8) is 0 Å². The SMILES string of the molecule is N=Cn1c2ccc(-c3cccc4c5ccccc5n(-c5ccccc5)c34)cc2c2c3c4ccccc4ccc3c3ccccc3c21. The summed E-state index contributed by atoms with van der Waals surface area (Å²) in [6.45, 7) is 0. The second-order valence-corrected chi connectivity index (χ2v) is 12.1. The summed E-state index contributed by atoms with van der Waals surface area (Å²) in [5.74, 6) is 0. The van der Waals surface area contributed by atoms with Gasteiger partial charge in [0.25, 0.3) is 0 Å². The summed E-state index contributed by atoms with van der Waals surface area (Å²) in [4.78, 5) is 0. The lowest BCUT2D eigenvalue weighted by Gasteiger charge is -2.12. The van der Waals surface area contributed by atoms with Crippen molar-refractivity contribution in [1.29, 1.82) is 5.41 Å². The molecule has 3 heteroatoms. The number of nitrogens with one attached hydrogen (secondary N) is 1. The van der Waals surface area contributed by atoms with Crippen LogP contribution in [0.4, 0.5) is 0 Å². The molecule has 0 saturated heterocycles. The molecule has 1 N–H and O–H groups in total. The lowest BCUT2D eigenvalue weighted by molar-refractivity contribution is 1.18. The van der Waals surface area contributed by atoms with Crippen molar-refractivity contribution < 1.29 is 0 Å². The van der Waals surface area contributed by atoms with Gasteiger partial charge in [-0.3, -0.25) is 9.98 Å². The highest BCUT2D eigenvalue weighted by Gasteiger charge is 2.21. The molecule has 0 aliphatic rings. The van der Waals surface area contributed by atoms with Gasteiger partial charge in [0.15, 0.2) is 0 Å². The van der Waals surface area contributed by atoms with Gasteiger partial charge in [0.05, 0.1) is 28.4 Å². The zero-order chi connectivity index (χ0) is 30.4. The molecule has 3 nitrogen and oxygen atoms in total. The van der Waals surface area contributed by atoms with Crippen LogP contribution in [0.5, 0.6) is 0 Å². The second-order valence-electron chi connectivity index (χ2n) is 12.1. The van der Waals surface area contributed by atoms with Crippen LogP contribution in [0.15, 0.2) is 152 Å². The largest absolute Gasteiger partial charge is 0.309 e. The second kappa shape index (κ2) is 9.40. The molecule has 0 atom stereocenters. The molecule has 0 bridgehead atoms. The Bertz CT molecular complexity index is 2870. The monoisotopic (exact) mass is 585 g/mol. The van der Waals surface area contributed by atoms with Crippen molar-refractivity contribution in [3.8, 4) is 16.8 Å². The van der Waals surface area contributed by atoms with E-state index < -0.39 is 0 Å². The minimum absolute atomic E-state index is 1.04. The van der Waals surface area contributed by atoms with Crippen LogP contribution in [-0.2, 0) is 0 Å². The number of benzene rings is 8. The van der Waals surface area contributed by atoms with Gasteiger partial charge in [-0.15, -0.1) is 0 Å². The van der Waals surface area contributed by atoms with Crippen LogP contribution < -0.4 is 0 Å². The Hall–Kier alpha value is -6.19. The van der Waals surface area contributed by atoms with E-state index in [0.717, 1.165) is 33.1 Å². The van der Waals surface area contributed by atoms with E-state index in [9.17, 15) is 0 Å². The van der Waals surface area contributed by atoms with E-state index in [-0.39, 0.29) is 0 Å². The average Bonchev–Trinajstić information content (AvgIpc) is 3.64. The number of hydrogen-bond acceptors (Lipinski definition) is 1. The molecule has 0 spiro atoms. The first kappa shape index (κ1) is 25.2. The Morgan fingerprint density at radius 2 is 1.13 bits per heavy atom. The lowest BCUT2D eigenvalue weighted by atomic mass is 9.92. The zero-order valence-electron chi connectivity index (χ0n) is 24.9. The van der Waals surface area contributed by atoms with Crippen LogP contribution >= 0.6 is 0 Å². The third-order valence-corrected chi connectivity index (χ3v) is 9.80. The summed E-state index contributed by atoms with van der Waals surface area (Å²) in [6, 6.07) is 54.6. The molecular weight excluding hydrogens is 558 g/mol. The maximum atomic E-state index is 8.62. The molecule has 0 unspecified atom stereocenters. The fourth-order valence-electron chi connectivity index (χ4n) is 7.92. The average molecular weight is 586 g/mol. The molecule has 8 aromatic carbocycles. The van der Waals surface area contributed by atoms with Crippen LogP contribution in [0.2, 0.25) is 0 Å². The highest BCUT2D eigenvalue weighted by atomic mass is 15.0. The zero-order valence-corrected chi connectivity index (χ0v) is 24.9. The Labute approximate surface area is 264 Å². The van der Waals surface area contributed by atoms with Gasteiger partial charge in [-0.2, -0.15) is 0 Å². The molecule has 0 saturated carbocycles. The van der Waals surface area contributed by atoms with Gasteiger partial charge < -0.3 is 4.57 Å². The number of para-hydroxylation sites is 3. The molecule has 10 aromatic rings. The van der Waals surface area contributed by atoms with Crippen LogP contribution in [0.3, 0.4) is 0 Å². The topological polar surface area (TPSA) is 33.7 Å². The van der Waals surface area contributed by atoms with Gasteiger partial charge in [-0.25, -0.2) is 0 Å². The van der Waals surface area contributed by atoms with E-state index in [1.165, 1.54) is 66.0 Å². The van der Waals surface area contributed by atoms with Gasteiger partial charge in [0.1, 0.15) is 0 Å². The van der Waals surface area contributed by atoms with Gasteiger partial charge >= 0.3 is 0 Å². The number of rotatable bonds is 3. The lowest BCUT2D eigenvalue weighted by Crippen LogP contribution is -1.95. The number of aromatic nitrogens is 2. The molecule has 2 heterocycles. The smallest absolute Gasteiger partial charge is 0.0908 e. The van der Waals surface area contributed by atoms with E-state index >= 15 is 0 Å². The third-order valence-electron chi connectivity index (χ3n) is 9.80. The molecule has 2 aromatic heterocycles. The first-order valence-electron chi connectivity index (χ1n) is 15.7. The molecule has 0 aliphatic heterocycles. The Morgan fingerprint density at radius 1 is 0.435 bits per heavy atom. The van der Waals surface area contributed by atoms with Crippen LogP contribution in [0, 0.1) is 5.41 Å². The Morgan fingerprint density at radius 3 is 1.98 bits per heavy atom. The molecule has 0 amide bonds. The Kier molecular flexibility index (Phi) is 5.15. The molecule has 0 aliphatic carbocycles. The van der Waals surface area contributed by atoms with Crippen molar-refractivity contribution in [2.45, 2.75) is 0 Å². The fraction of sp³-hybridized carbons (Fsp3) is 0. The van der Waals surface area contributed by atoms with Gasteiger partial charge in [-0.05, 0) is 57.4 Å². The van der Waals surface area contributed by atoms with Gasteiger partial charge in [-0.1, -0.05) is 121 Å². The van der Waals surface area contributed by atoms with E-state index in [1.54, 1.807) is 0 Å². The van der Waals surface area contributed by atoms with E-state index in [2.05, 4.69) is 161 Å². The third kappa shape index (κ3) is 3.29. The van der Waals surface area contributed by atoms with Crippen molar-refractivity contribution in [1.82, 2.24) is 9.13 Å². The van der Waals surface area contributed by atoms with Crippen LogP contribution in [-0.4, -0.2) is 15.5 Å². The molecule has 0 radical (unpaired) electrons. The number of fused-ring (bicyclic) bond motifs is 13. The molecule has 214 valence electrons. The first-order valence-corrected chi connectivity index (χ1v) is 15.7. The number of nitrogens with zero attached hydrogens (tertiary/aromatic N) is 2. The first-order chi connectivity index (χ1) is 22.8. The highest BCUT2D eigenvalue weighted by molar-refractivity contribution is 6.37. The number of hydrogen-bond donors (Lipinski definition) is 1. The van der Waals surface area contributed by atoms with Crippen molar-refractivity contribution in [3.05, 3.63) is 152 Å². The molecule has 10 rings (SSSR count). The maximum absolute atomic E-state index is 8.62. The van der Waals surface area contributed by atoms with Crippen LogP contribution in [0.25, 0.3) is 92.7 Å². The summed E-state index contributed by atoms with van der Waals surface area (Å²) in [5.41, 5.74) is 8.00. The van der Waals surface area contributed by atoms with Gasteiger partial charge in [0, 0.05) is 43.6 Å². The van der Waals surface area contributed by atoms with E-state index in [1.807, 2.05) is 0 Å². The van der Waals surface area contributed by atoms with Crippen molar-refractivity contribution in [2.75, 3.05) is 0 Å². The summed E-state index contributed by atoms with van der Waals surface area (Å²) in [7, 11) is 0. The Balaban J connectivity index is 1.40. The van der Waals surface area contributed by atoms with Crippen molar-refractivity contribution in [2.24, 2.45) is 0 Å². The normalized spacial score (nSPS) is 12.0. The summed E-state index contributed by atoms with van der Waals surface area (Å²) in [5, 5.41) is 20.7. The maximum Gasteiger partial charge on any atom is 0.0908 e. The highest BCUT2D eigenvalue weighted by Crippen LogP contribution is 2.45. The fourth-order valence-corrected chi connectivity index (χ4v) is 7.92. The molecule has 46 heavy (non-hydrogen) atoms. The minimum atomic E-state index is 1.04. The van der Waals surface area contributed by atoms with E-state index in [4.69, 9.17) is 5.41 Å². The summed E-state index contributed by atoms with van der Waals surface area (Å²) in [6.07, 6.45) is 1.47. The quantitative estimate of drug-likeness (QED) is 0.122. The predicted molar refractivity (Wildman–Crippen MR) is 196 cm³/mol. The minimum Gasteiger partial charge on any atom is -0.309 e.